The minimum atomic E-state index is -4.20. The number of carbonyl (C=O) groups excluding carboxylic acids is 2. The van der Waals surface area contributed by atoms with E-state index in [0.29, 0.717) is 11.5 Å². The van der Waals surface area contributed by atoms with Crippen LogP contribution in [0.15, 0.2) is 76.1 Å². The molecule has 0 unspecified atom stereocenters. The number of methoxy groups -OCH3 is 2. The Morgan fingerprint density at radius 2 is 1.51 bits per heavy atom. The number of sulfonamides is 1. The second-order valence-electron chi connectivity index (χ2n) is 9.85. The molecule has 9 nitrogen and oxygen atoms in total. The molecule has 3 aromatic carbocycles. The number of anilines is 1. The van der Waals surface area contributed by atoms with E-state index in [1.54, 1.807) is 31.2 Å². The summed E-state index contributed by atoms with van der Waals surface area (Å²) in [4.78, 5) is 28.5. The van der Waals surface area contributed by atoms with E-state index in [4.69, 9.17) is 9.47 Å². The van der Waals surface area contributed by atoms with Crippen molar-refractivity contribution in [2.24, 2.45) is 0 Å². The van der Waals surface area contributed by atoms with Crippen molar-refractivity contribution in [1.82, 2.24) is 10.2 Å². The fourth-order valence-corrected chi connectivity index (χ4v) is 5.79. The molecular formula is C30H36BrN3O6S. The Morgan fingerprint density at radius 1 is 0.902 bits per heavy atom. The number of ether oxygens (including phenoxy) is 2. The molecule has 0 aromatic heterocycles. The third-order valence-electron chi connectivity index (χ3n) is 6.41. The number of rotatable bonds is 12. The molecule has 0 bridgehead atoms. The van der Waals surface area contributed by atoms with Gasteiger partial charge in [-0.3, -0.25) is 13.9 Å². The lowest BCUT2D eigenvalue weighted by Crippen LogP contribution is -2.52. The van der Waals surface area contributed by atoms with Crippen molar-refractivity contribution < 1.29 is 27.5 Å². The van der Waals surface area contributed by atoms with Crippen molar-refractivity contribution in [1.29, 1.82) is 0 Å². The first-order valence-electron chi connectivity index (χ1n) is 13.0. The SMILES string of the molecule is COc1ccc(N(CC(=O)N(Cc2ccc(Br)cc2)[C@@H](C)C(=O)NC(C)C)S(=O)(=O)c2ccc(C)cc2)cc1OC. The number of hydrogen-bond donors (Lipinski definition) is 1. The lowest BCUT2D eigenvalue weighted by molar-refractivity contribution is -0.139. The Morgan fingerprint density at radius 3 is 2.07 bits per heavy atom. The van der Waals surface area contributed by atoms with Gasteiger partial charge in [-0.2, -0.15) is 0 Å². The van der Waals surface area contributed by atoms with E-state index in [-0.39, 0.29) is 29.1 Å². The first kappa shape index (κ1) is 32.0. The molecular weight excluding hydrogens is 610 g/mol. The Labute approximate surface area is 250 Å². The zero-order chi connectivity index (χ0) is 30.3. The third-order valence-corrected chi connectivity index (χ3v) is 8.72. The van der Waals surface area contributed by atoms with Crippen LogP contribution >= 0.6 is 15.9 Å². The maximum atomic E-state index is 14.0. The summed E-state index contributed by atoms with van der Waals surface area (Å²) in [5, 5.41) is 2.84. The lowest BCUT2D eigenvalue weighted by Gasteiger charge is -2.32. The Bertz CT molecular complexity index is 1460. The van der Waals surface area contributed by atoms with E-state index in [2.05, 4.69) is 21.2 Å². The summed E-state index contributed by atoms with van der Waals surface area (Å²) >= 11 is 3.41. The summed E-state index contributed by atoms with van der Waals surface area (Å²) in [6, 6.07) is 17.4. The van der Waals surface area contributed by atoms with E-state index in [1.807, 2.05) is 45.0 Å². The molecule has 0 aliphatic carbocycles. The summed E-state index contributed by atoms with van der Waals surface area (Å²) in [6.07, 6.45) is 0. The number of aryl methyl sites for hydroxylation is 1. The van der Waals surface area contributed by atoms with Gasteiger partial charge in [-0.05, 0) is 69.7 Å². The van der Waals surface area contributed by atoms with Crippen molar-refractivity contribution in [3.63, 3.8) is 0 Å². The number of carbonyl (C=O) groups is 2. The Balaban J connectivity index is 2.08. The maximum absolute atomic E-state index is 14.0. The lowest BCUT2D eigenvalue weighted by atomic mass is 10.1. The van der Waals surface area contributed by atoms with Gasteiger partial charge in [-0.15, -0.1) is 0 Å². The van der Waals surface area contributed by atoms with Gasteiger partial charge in [0.15, 0.2) is 11.5 Å². The number of amides is 2. The molecule has 0 saturated heterocycles. The normalized spacial score (nSPS) is 12.0. The standard InChI is InChI=1S/C30H36BrN3O6S/c1-20(2)32-30(36)22(4)33(18-23-9-11-24(31)12-10-23)29(35)19-34(25-13-16-27(39-5)28(17-25)40-6)41(37,38)26-14-7-21(3)8-15-26/h7-17,20,22H,18-19H2,1-6H3,(H,32,36)/t22-/m0/s1. The van der Waals surface area contributed by atoms with Crippen LogP contribution in [-0.2, 0) is 26.2 Å². The number of nitrogens with one attached hydrogen (secondary N) is 1. The molecule has 0 fully saturated rings. The van der Waals surface area contributed by atoms with Crippen LogP contribution in [0.3, 0.4) is 0 Å². The molecule has 1 atom stereocenters. The molecule has 3 aromatic rings. The highest BCUT2D eigenvalue weighted by atomic mass is 79.9. The van der Waals surface area contributed by atoms with Crippen LogP contribution in [0, 0.1) is 6.92 Å². The highest BCUT2D eigenvalue weighted by Crippen LogP contribution is 2.34. The molecule has 220 valence electrons. The molecule has 0 spiro atoms. The zero-order valence-electron chi connectivity index (χ0n) is 24.0. The second kappa shape index (κ2) is 13.9. The van der Waals surface area contributed by atoms with Gasteiger partial charge in [0.2, 0.25) is 11.8 Å². The summed E-state index contributed by atoms with van der Waals surface area (Å²) in [5.74, 6) is -0.182. The molecule has 11 heteroatoms. The Hall–Kier alpha value is -3.57. The van der Waals surface area contributed by atoms with Crippen LogP contribution in [-0.4, -0.2) is 58.0 Å². The first-order chi connectivity index (χ1) is 19.4. The molecule has 41 heavy (non-hydrogen) atoms. The topological polar surface area (TPSA) is 105 Å². The van der Waals surface area contributed by atoms with Crippen molar-refractivity contribution in [3.05, 3.63) is 82.3 Å². The number of hydrogen-bond acceptors (Lipinski definition) is 6. The molecule has 3 rings (SSSR count). The third kappa shape index (κ3) is 8.01. The van der Waals surface area contributed by atoms with Crippen molar-refractivity contribution >= 4 is 43.5 Å². The summed E-state index contributed by atoms with van der Waals surface area (Å²) < 4.78 is 40.6. The van der Waals surface area contributed by atoms with Crippen LogP contribution < -0.4 is 19.1 Å². The van der Waals surface area contributed by atoms with Gasteiger partial charge in [0.25, 0.3) is 10.0 Å². The van der Waals surface area contributed by atoms with Crippen LogP contribution in [0.5, 0.6) is 11.5 Å². The van der Waals surface area contributed by atoms with Crippen LogP contribution in [0.25, 0.3) is 0 Å². The summed E-state index contributed by atoms with van der Waals surface area (Å²) in [6.45, 7) is 6.70. The number of nitrogens with zero attached hydrogens (tertiary/aromatic N) is 2. The average molecular weight is 647 g/mol. The first-order valence-corrected chi connectivity index (χ1v) is 15.3. The van der Waals surface area contributed by atoms with Gasteiger partial charge in [0.05, 0.1) is 24.8 Å². The molecule has 0 aliphatic rings. The van der Waals surface area contributed by atoms with Crippen LogP contribution in [0.1, 0.15) is 31.9 Å². The number of halogens is 1. The fraction of sp³-hybridized carbons (Fsp3) is 0.333. The van der Waals surface area contributed by atoms with Gasteiger partial charge in [0, 0.05) is 23.1 Å². The largest absolute Gasteiger partial charge is 0.493 e. The molecule has 0 radical (unpaired) electrons. The van der Waals surface area contributed by atoms with E-state index in [9.17, 15) is 18.0 Å². The fourth-order valence-electron chi connectivity index (χ4n) is 4.12. The van der Waals surface area contributed by atoms with E-state index >= 15 is 0 Å². The van der Waals surface area contributed by atoms with Gasteiger partial charge < -0.3 is 19.7 Å². The highest BCUT2D eigenvalue weighted by Gasteiger charge is 2.33. The van der Waals surface area contributed by atoms with E-state index in [0.717, 1.165) is 19.9 Å². The molecule has 2 amide bonds. The maximum Gasteiger partial charge on any atom is 0.264 e. The number of benzene rings is 3. The predicted octanol–water partition coefficient (Wildman–Crippen LogP) is 4.91. The predicted molar refractivity (Wildman–Crippen MR) is 163 cm³/mol. The second-order valence-corrected chi connectivity index (χ2v) is 12.6. The van der Waals surface area contributed by atoms with Crippen molar-refractivity contribution in [2.75, 3.05) is 25.1 Å². The zero-order valence-corrected chi connectivity index (χ0v) is 26.5. The van der Waals surface area contributed by atoms with E-state index in [1.165, 1.54) is 37.3 Å². The summed E-state index contributed by atoms with van der Waals surface area (Å²) in [5.41, 5.74) is 1.88. The van der Waals surface area contributed by atoms with Gasteiger partial charge >= 0.3 is 0 Å². The van der Waals surface area contributed by atoms with Crippen molar-refractivity contribution in [3.8, 4) is 11.5 Å². The average Bonchev–Trinajstić information content (AvgIpc) is 2.94. The molecule has 1 N–H and O–H groups in total. The van der Waals surface area contributed by atoms with E-state index < -0.39 is 28.5 Å². The van der Waals surface area contributed by atoms with Crippen LogP contribution in [0.4, 0.5) is 5.69 Å². The Kier molecular flexibility index (Phi) is 10.8. The minimum Gasteiger partial charge on any atom is -0.493 e. The molecule has 0 aliphatic heterocycles. The molecule has 0 heterocycles. The highest BCUT2D eigenvalue weighted by molar-refractivity contribution is 9.10. The van der Waals surface area contributed by atoms with Crippen molar-refractivity contribution in [2.45, 2.75) is 51.2 Å². The molecule has 0 saturated carbocycles. The minimum absolute atomic E-state index is 0.0238. The quantitative estimate of drug-likeness (QED) is 0.300. The summed E-state index contributed by atoms with van der Waals surface area (Å²) in [7, 11) is -1.28. The smallest absolute Gasteiger partial charge is 0.264 e. The van der Waals surface area contributed by atoms with Gasteiger partial charge in [0.1, 0.15) is 12.6 Å². The van der Waals surface area contributed by atoms with Gasteiger partial charge in [-0.1, -0.05) is 45.8 Å². The van der Waals surface area contributed by atoms with Gasteiger partial charge in [-0.25, -0.2) is 8.42 Å². The monoisotopic (exact) mass is 645 g/mol. The van der Waals surface area contributed by atoms with Crippen LogP contribution in [0.2, 0.25) is 0 Å².